The van der Waals surface area contributed by atoms with Crippen molar-refractivity contribution in [3.8, 4) is 23.5 Å². The Hall–Kier alpha value is -5.33. The number of ether oxygens (including phenoxy) is 1. The molecule has 0 aliphatic carbocycles. The van der Waals surface area contributed by atoms with E-state index in [1.165, 1.54) is 25.4 Å². The predicted octanol–water partition coefficient (Wildman–Crippen LogP) is 2.15. The fourth-order valence-electron chi connectivity index (χ4n) is 3.14. The molecule has 2 amide bonds. The van der Waals surface area contributed by atoms with Crippen LogP contribution in [0.5, 0.6) is 5.88 Å². The zero-order chi connectivity index (χ0) is 26.0. The Morgan fingerprint density at radius 3 is 2.47 bits per heavy atom. The molecule has 0 saturated carbocycles. The first-order valence-electron chi connectivity index (χ1n) is 9.76. The Bertz CT molecular complexity index is 1510. The largest absolute Gasteiger partial charge is 0.434 e. The molecule has 4 heterocycles. The molecule has 0 fully saturated rings. The third-order valence-corrected chi connectivity index (χ3v) is 4.62. The van der Waals surface area contributed by atoms with Crippen LogP contribution >= 0.6 is 0 Å². The molecule has 4 rings (SSSR count). The van der Waals surface area contributed by atoms with E-state index in [2.05, 4.69) is 35.3 Å². The summed E-state index contributed by atoms with van der Waals surface area (Å²) in [6, 6.07) is 4.09. The van der Waals surface area contributed by atoms with Gasteiger partial charge >= 0.3 is 12.3 Å². The molecule has 0 unspecified atom stereocenters. The standard InChI is InChI=1S/C20H13F3N10O3/c1-10-7-26-15(36-19(25)35)5-14(10)32-16(20(21,22)23)13(9-30-32)18(34)31-12-4-11(6-24)17(27-8-12)33-28-2-3-29-33/h2-5,7-9H,1H3,(H2,25,35)(H,31,34). The summed E-state index contributed by atoms with van der Waals surface area (Å²) in [6.45, 7) is 1.45. The van der Waals surface area contributed by atoms with Gasteiger partial charge in [0, 0.05) is 12.3 Å². The minimum atomic E-state index is -5.02. The van der Waals surface area contributed by atoms with Gasteiger partial charge in [0.2, 0.25) is 5.88 Å². The summed E-state index contributed by atoms with van der Waals surface area (Å²) in [5, 5.41) is 23.1. The number of carbonyl (C=O) groups excluding carboxylic acids is 2. The number of rotatable bonds is 5. The van der Waals surface area contributed by atoms with Gasteiger partial charge in [-0.05, 0) is 18.6 Å². The van der Waals surface area contributed by atoms with E-state index in [-0.39, 0.29) is 34.2 Å². The lowest BCUT2D eigenvalue weighted by atomic mass is 10.2. The van der Waals surface area contributed by atoms with Crippen LogP contribution in [0.1, 0.15) is 27.2 Å². The van der Waals surface area contributed by atoms with E-state index < -0.39 is 29.4 Å². The van der Waals surface area contributed by atoms with E-state index in [0.29, 0.717) is 4.68 Å². The average Bonchev–Trinajstić information content (AvgIpc) is 3.50. The number of hydrogen-bond donors (Lipinski definition) is 2. The Balaban J connectivity index is 1.71. The van der Waals surface area contributed by atoms with Crippen molar-refractivity contribution in [2.24, 2.45) is 5.73 Å². The zero-order valence-electron chi connectivity index (χ0n) is 18.1. The van der Waals surface area contributed by atoms with Crippen molar-refractivity contribution < 1.29 is 27.5 Å². The first-order valence-corrected chi connectivity index (χ1v) is 9.76. The number of nitrogens with zero attached hydrogens (tertiary/aromatic N) is 8. The average molecular weight is 498 g/mol. The number of pyridine rings is 2. The molecule has 0 saturated heterocycles. The molecule has 36 heavy (non-hydrogen) atoms. The molecule has 182 valence electrons. The van der Waals surface area contributed by atoms with Gasteiger partial charge in [0.1, 0.15) is 11.6 Å². The quantitative estimate of drug-likeness (QED) is 0.417. The number of aromatic nitrogens is 7. The normalized spacial score (nSPS) is 11.1. The number of aryl methyl sites for hydroxylation is 1. The van der Waals surface area contributed by atoms with Crippen LogP contribution in [0.2, 0.25) is 0 Å². The highest BCUT2D eigenvalue weighted by Crippen LogP contribution is 2.35. The van der Waals surface area contributed by atoms with Gasteiger partial charge < -0.3 is 15.8 Å². The van der Waals surface area contributed by atoms with Crippen molar-refractivity contribution in [3.63, 3.8) is 0 Å². The number of carbonyl (C=O) groups is 2. The van der Waals surface area contributed by atoms with Gasteiger partial charge in [-0.25, -0.2) is 19.4 Å². The monoisotopic (exact) mass is 498 g/mol. The summed E-state index contributed by atoms with van der Waals surface area (Å²) < 4.78 is 47.3. The summed E-state index contributed by atoms with van der Waals surface area (Å²) in [5.41, 5.74) is 2.72. The van der Waals surface area contributed by atoms with E-state index in [9.17, 15) is 28.0 Å². The molecule has 0 aliphatic rings. The van der Waals surface area contributed by atoms with Gasteiger partial charge in [0.15, 0.2) is 11.5 Å². The highest BCUT2D eigenvalue weighted by molar-refractivity contribution is 6.05. The topological polar surface area (TPSA) is 180 Å². The molecule has 0 aromatic carbocycles. The summed E-state index contributed by atoms with van der Waals surface area (Å²) in [7, 11) is 0. The van der Waals surface area contributed by atoms with Crippen molar-refractivity contribution in [2.75, 3.05) is 5.32 Å². The summed E-state index contributed by atoms with van der Waals surface area (Å²) in [5.74, 6) is -1.46. The van der Waals surface area contributed by atoms with Crippen molar-refractivity contribution in [1.82, 2.24) is 34.7 Å². The van der Waals surface area contributed by atoms with Crippen LogP contribution in [0.4, 0.5) is 23.7 Å². The van der Waals surface area contributed by atoms with Crippen LogP contribution in [0.15, 0.2) is 43.1 Å². The first-order chi connectivity index (χ1) is 17.1. The van der Waals surface area contributed by atoms with E-state index >= 15 is 0 Å². The molecular formula is C20H13F3N10O3. The van der Waals surface area contributed by atoms with Crippen molar-refractivity contribution in [3.05, 3.63) is 65.5 Å². The second-order valence-corrected chi connectivity index (χ2v) is 7.03. The molecule has 4 aromatic heterocycles. The smallest absolute Gasteiger partial charge is 0.391 e. The third-order valence-electron chi connectivity index (χ3n) is 4.62. The maximum atomic E-state index is 14.1. The number of nitriles is 1. The first kappa shape index (κ1) is 23.8. The second-order valence-electron chi connectivity index (χ2n) is 7.03. The van der Waals surface area contributed by atoms with E-state index in [4.69, 9.17) is 5.73 Å². The van der Waals surface area contributed by atoms with Gasteiger partial charge in [0.05, 0.1) is 41.7 Å². The fourth-order valence-corrected chi connectivity index (χ4v) is 3.14. The fraction of sp³-hybridized carbons (Fsp3) is 0.100. The lowest BCUT2D eigenvalue weighted by Gasteiger charge is -2.15. The summed E-state index contributed by atoms with van der Waals surface area (Å²) >= 11 is 0. The van der Waals surface area contributed by atoms with Crippen LogP contribution in [0.3, 0.4) is 0 Å². The Morgan fingerprint density at radius 1 is 1.11 bits per heavy atom. The number of amides is 2. The Kier molecular flexibility index (Phi) is 6.04. The van der Waals surface area contributed by atoms with Gasteiger partial charge in [-0.2, -0.15) is 33.7 Å². The van der Waals surface area contributed by atoms with Crippen LogP contribution in [-0.4, -0.2) is 46.7 Å². The molecule has 0 bridgehead atoms. The number of nitrogens with two attached hydrogens (primary N) is 1. The number of hydrogen-bond acceptors (Lipinski definition) is 9. The third kappa shape index (κ3) is 4.65. The lowest BCUT2D eigenvalue weighted by Crippen LogP contribution is -2.21. The van der Waals surface area contributed by atoms with Gasteiger partial charge in [0.25, 0.3) is 5.91 Å². The molecule has 0 radical (unpaired) electrons. The number of nitrogens with one attached hydrogen (secondary N) is 1. The minimum absolute atomic E-state index is 0.0369. The Labute approximate surface area is 198 Å². The highest BCUT2D eigenvalue weighted by atomic mass is 19.4. The summed E-state index contributed by atoms with van der Waals surface area (Å²) in [4.78, 5) is 32.7. The molecule has 3 N–H and O–H groups in total. The second kappa shape index (κ2) is 9.13. The molecule has 0 aliphatic heterocycles. The van der Waals surface area contributed by atoms with Crippen LogP contribution < -0.4 is 15.8 Å². The van der Waals surface area contributed by atoms with Crippen molar-refractivity contribution in [2.45, 2.75) is 13.1 Å². The highest BCUT2D eigenvalue weighted by Gasteiger charge is 2.41. The van der Waals surface area contributed by atoms with E-state index in [1.807, 2.05) is 6.07 Å². The molecule has 16 heteroatoms. The molecule has 0 spiro atoms. The molecular weight excluding hydrogens is 485 g/mol. The van der Waals surface area contributed by atoms with Crippen molar-refractivity contribution in [1.29, 1.82) is 5.26 Å². The molecule has 4 aromatic rings. The SMILES string of the molecule is Cc1cnc(OC(N)=O)cc1-n1ncc(C(=O)Nc2cnc(-n3nccn3)c(C#N)c2)c1C(F)(F)F. The minimum Gasteiger partial charge on any atom is -0.391 e. The zero-order valence-corrected chi connectivity index (χ0v) is 18.1. The maximum absolute atomic E-state index is 14.1. The van der Waals surface area contributed by atoms with E-state index in [0.717, 1.165) is 29.5 Å². The van der Waals surface area contributed by atoms with Crippen LogP contribution in [-0.2, 0) is 6.18 Å². The van der Waals surface area contributed by atoms with E-state index in [1.54, 1.807) is 0 Å². The maximum Gasteiger partial charge on any atom is 0.434 e. The van der Waals surface area contributed by atoms with Gasteiger partial charge in [-0.3, -0.25) is 4.79 Å². The number of halogens is 3. The van der Waals surface area contributed by atoms with Gasteiger partial charge in [-0.1, -0.05) is 0 Å². The van der Waals surface area contributed by atoms with Crippen LogP contribution in [0, 0.1) is 18.3 Å². The number of primary amides is 1. The Morgan fingerprint density at radius 2 is 1.83 bits per heavy atom. The van der Waals surface area contributed by atoms with Crippen LogP contribution in [0.25, 0.3) is 11.5 Å². The van der Waals surface area contributed by atoms with Gasteiger partial charge in [-0.15, -0.1) is 4.80 Å². The molecule has 0 atom stereocenters. The molecule has 13 nitrogen and oxygen atoms in total. The number of anilines is 1. The number of alkyl halides is 3. The van der Waals surface area contributed by atoms with Crippen molar-refractivity contribution >= 4 is 17.7 Å². The summed E-state index contributed by atoms with van der Waals surface area (Å²) in [6.07, 6.45) is -0.489. The lowest BCUT2D eigenvalue weighted by molar-refractivity contribution is -0.143. The predicted molar refractivity (Wildman–Crippen MR) is 113 cm³/mol.